The predicted molar refractivity (Wildman–Crippen MR) is 62.9 cm³/mol. The maximum Gasteiger partial charge on any atom is 0.322 e. The highest BCUT2D eigenvalue weighted by atomic mass is 35.5. The van der Waals surface area contributed by atoms with Crippen LogP contribution in [0, 0.1) is 5.82 Å². The Bertz CT molecular complexity index is 503. The van der Waals surface area contributed by atoms with Gasteiger partial charge in [0.15, 0.2) is 0 Å². The third kappa shape index (κ3) is 2.39. The molecule has 0 atom stereocenters. The molecule has 0 aliphatic rings. The summed E-state index contributed by atoms with van der Waals surface area (Å²) in [4.78, 5) is 1.60. The molecule has 0 N–H and O–H groups in total. The number of halogens is 2. The van der Waals surface area contributed by atoms with E-state index < -0.39 is 0 Å². The van der Waals surface area contributed by atoms with Gasteiger partial charge in [0.2, 0.25) is 5.89 Å². The number of aromatic nitrogens is 2. The number of para-hydroxylation sites is 1. The first kappa shape index (κ1) is 11.9. The van der Waals surface area contributed by atoms with Gasteiger partial charge < -0.3 is 4.42 Å². The zero-order valence-electron chi connectivity index (χ0n) is 9.23. The molecule has 0 amide bonds. The zero-order valence-corrected chi connectivity index (χ0v) is 9.99. The molecule has 0 bridgehead atoms. The minimum absolute atomic E-state index is 0.141. The monoisotopic (exact) mass is 255 g/mol. The van der Waals surface area contributed by atoms with Crippen LogP contribution in [0.15, 0.2) is 28.7 Å². The molecule has 2 rings (SSSR count). The number of anilines is 2. The molecule has 1 aromatic heterocycles. The van der Waals surface area contributed by atoms with Crippen LogP contribution in [0.2, 0.25) is 0 Å². The Morgan fingerprint density at radius 1 is 1.35 bits per heavy atom. The van der Waals surface area contributed by atoms with Gasteiger partial charge in [0.1, 0.15) is 11.7 Å². The number of hydrogen-bond donors (Lipinski definition) is 0. The maximum atomic E-state index is 13.6. The SMILES string of the molecule is CCN(c1nnc(CCl)o1)c1ccccc1F. The summed E-state index contributed by atoms with van der Waals surface area (Å²) in [5, 5.41) is 7.58. The van der Waals surface area contributed by atoms with E-state index in [0.717, 1.165) is 0 Å². The molecular formula is C11H11ClFN3O. The lowest BCUT2D eigenvalue weighted by Gasteiger charge is -2.18. The smallest absolute Gasteiger partial charge is 0.322 e. The van der Waals surface area contributed by atoms with Crippen LogP contribution in [0.4, 0.5) is 16.1 Å². The predicted octanol–water partition coefficient (Wildman–Crippen LogP) is 3.11. The molecule has 0 saturated carbocycles. The average Bonchev–Trinajstić information content (AvgIpc) is 2.81. The normalized spacial score (nSPS) is 10.5. The van der Waals surface area contributed by atoms with Gasteiger partial charge in [-0.15, -0.1) is 16.7 Å². The van der Waals surface area contributed by atoms with E-state index in [1.165, 1.54) is 6.07 Å². The van der Waals surface area contributed by atoms with Crippen molar-refractivity contribution in [3.8, 4) is 0 Å². The molecule has 0 fully saturated rings. The molecule has 0 unspecified atom stereocenters. The van der Waals surface area contributed by atoms with Gasteiger partial charge in [-0.1, -0.05) is 17.2 Å². The number of hydrogen-bond acceptors (Lipinski definition) is 4. The molecule has 4 nitrogen and oxygen atoms in total. The number of rotatable bonds is 4. The minimum Gasteiger partial charge on any atom is -0.406 e. The van der Waals surface area contributed by atoms with E-state index in [9.17, 15) is 4.39 Å². The first-order valence-corrected chi connectivity index (χ1v) is 5.70. The van der Waals surface area contributed by atoms with E-state index in [4.69, 9.17) is 16.0 Å². The Morgan fingerprint density at radius 3 is 2.71 bits per heavy atom. The van der Waals surface area contributed by atoms with Crippen LogP contribution in [0.1, 0.15) is 12.8 Å². The highest BCUT2D eigenvalue weighted by molar-refractivity contribution is 6.16. The van der Waals surface area contributed by atoms with Crippen molar-refractivity contribution in [2.24, 2.45) is 0 Å². The van der Waals surface area contributed by atoms with Crippen molar-refractivity contribution in [3.05, 3.63) is 36.0 Å². The summed E-state index contributed by atoms with van der Waals surface area (Å²) in [6.45, 7) is 2.39. The van der Waals surface area contributed by atoms with Crippen molar-refractivity contribution >= 4 is 23.3 Å². The van der Waals surface area contributed by atoms with Crippen molar-refractivity contribution in [1.82, 2.24) is 10.2 Å². The van der Waals surface area contributed by atoms with Gasteiger partial charge in [-0.05, 0) is 19.1 Å². The van der Waals surface area contributed by atoms with E-state index in [0.29, 0.717) is 18.1 Å². The zero-order chi connectivity index (χ0) is 12.3. The van der Waals surface area contributed by atoms with Crippen LogP contribution in [-0.2, 0) is 5.88 Å². The molecule has 17 heavy (non-hydrogen) atoms. The first-order valence-electron chi connectivity index (χ1n) is 5.16. The largest absolute Gasteiger partial charge is 0.406 e. The van der Waals surface area contributed by atoms with Crippen LogP contribution in [0.25, 0.3) is 0 Å². The molecule has 0 spiro atoms. The minimum atomic E-state index is -0.333. The van der Waals surface area contributed by atoms with Crippen molar-refractivity contribution in [2.45, 2.75) is 12.8 Å². The molecule has 6 heteroatoms. The molecule has 0 radical (unpaired) electrons. The van der Waals surface area contributed by atoms with Crippen molar-refractivity contribution in [3.63, 3.8) is 0 Å². The summed E-state index contributed by atoms with van der Waals surface area (Å²) in [7, 11) is 0. The van der Waals surface area contributed by atoms with Crippen molar-refractivity contribution in [2.75, 3.05) is 11.4 Å². The van der Waals surface area contributed by atoms with Crippen LogP contribution in [0.5, 0.6) is 0 Å². The highest BCUT2D eigenvalue weighted by Gasteiger charge is 2.17. The second-order valence-corrected chi connectivity index (χ2v) is 3.57. The van der Waals surface area contributed by atoms with E-state index in [1.54, 1.807) is 23.1 Å². The molecule has 0 saturated heterocycles. The fraction of sp³-hybridized carbons (Fsp3) is 0.273. The van der Waals surface area contributed by atoms with Gasteiger partial charge in [-0.2, -0.15) is 0 Å². The van der Waals surface area contributed by atoms with Crippen LogP contribution < -0.4 is 4.90 Å². The van der Waals surface area contributed by atoms with Gasteiger partial charge in [-0.3, -0.25) is 4.90 Å². The Labute approximate surface area is 103 Å². The summed E-state index contributed by atoms with van der Waals surface area (Å²) in [5.74, 6) is 0.124. The Hall–Kier alpha value is -1.62. The Morgan fingerprint density at radius 2 is 2.12 bits per heavy atom. The number of benzene rings is 1. The lowest BCUT2D eigenvalue weighted by atomic mass is 10.3. The standard InChI is InChI=1S/C11H11ClFN3O/c1-2-16(9-6-4-3-5-8(9)13)11-15-14-10(7-12)17-11/h3-6H,2,7H2,1H3. The quantitative estimate of drug-likeness (QED) is 0.788. The molecule has 0 aliphatic heterocycles. The summed E-state index contributed by atoms with van der Waals surface area (Å²) in [6.07, 6.45) is 0. The molecular weight excluding hydrogens is 245 g/mol. The average molecular weight is 256 g/mol. The van der Waals surface area contributed by atoms with Gasteiger partial charge in [-0.25, -0.2) is 4.39 Å². The van der Waals surface area contributed by atoms with E-state index in [-0.39, 0.29) is 17.7 Å². The fourth-order valence-electron chi connectivity index (χ4n) is 1.49. The van der Waals surface area contributed by atoms with Gasteiger partial charge in [0.05, 0.1) is 5.69 Å². The number of nitrogens with zero attached hydrogens (tertiary/aromatic N) is 3. The third-order valence-corrected chi connectivity index (χ3v) is 2.49. The topological polar surface area (TPSA) is 42.2 Å². The van der Waals surface area contributed by atoms with Crippen LogP contribution in [-0.4, -0.2) is 16.7 Å². The van der Waals surface area contributed by atoms with Crippen LogP contribution >= 0.6 is 11.6 Å². The van der Waals surface area contributed by atoms with Gasteiger partial charge in [0, 0.05) is 6.54 Å². The Balaban J connectivity index is 2.36. The Kier molecular flexibility index (Phi) is 3.58. The summed E-state index contributed by atoms with van der Waals surface area (Å²) >= 11 is 5.58. The van der Waals surface area contributed by atoms with E-state index in [2.05, 4.69) is 10.2 Å². The summed E-state index contributed by atoms with van der Waals surface area (Å²) in [6, 6.07) is 6.67. The van der Waals surface area contributed by atoms with Crippen molar-refractivity contribution < 1.29 is 8.81 Å². The lowest BCUT2D eigenvalue weighted by Crippen LogP contribution is -2.17. The summed E-state index contributed by atoms with van der Waals surface area (Å²) in [5.41, 5.74) is 0.403. The van der Waals surface area contributed by atoms with Crippen LogP contribution in [0.3, 0.4) is 0 Å². The molecule has 90 valence electrons. The van der Waals surface area contributed by atoms with Crippen molar-refractivity contribution in [1.29, 1.82) is 0 Å². The maximum absolute atomic E-state index is 13.6. The molecule has 2 aromatic rings. The molecule has 1 aromatic carbocycles. The molecule has 1 heterocycles. The van der Waals surface area contributed by atoms with Gasteiger partial charge >= 0.3 is 6.01 Å². The summed E-state index contributed by atoms with van der Waals surface area (Å²) < 4.78 is 18.9. The molecule has 0 aliphatic carbocycles. The van der Waals surface area contributed by atoms with E-state index in [1.807, 2.05) is 6.92 Å². The second-order valence-electron chi connectivity index (χ2n) is 3.31. The number of alkyl halides is 1. The fourth-order valence-corrected chi connectivity index (χ4v) is 1.60. The highest BCUT2D eigenvalue weighted by Crippen LogP contribution is 2.26. The lowest BCUT2D eigenvalue weighted by molar-refractivity contribution is 0.511. The van der Waals surface area contributed by atoms with Gasteiger partial charge in [0.25, 0.3) is 0 Å². The third-order valence-electron chi connectivity index (χ3n) is 2.26. The van der Waals surface area contributed by atoms with E-state index >= 15 is 0 Å². The second kappa shape index (κ2) is 5.14. The first-order chi connectivity index (χ1) is 8.26.